The molecule has 1 aromatic rings. The van der Waals surface area contributed by atoms with E-state index in [1.165, 1.54) is 31.2 Å². The molecule has 0 saturated carbocycles. The molecule has 1 aromatic carbocycles. The molecule has 3 N–H and O–H groups in total. The van der Waals surface area contributed by atoms with Crippen LogP contribution >= 0.6 is 0 Å². The van der Waals surface area contributed by atoms with Crippen molar-refractivity contribution in [2.24, 2.45) is 0 Å². The van der Waals surface area contributed by atoms with Gasteiger partial charge in [0.2, 0.25) is 0 Å². The second-order valence-corrected chi connectivity index (χ2v) is 3.35. The summed E-state index contributed by atoms with van der Waals surface area (Å²) in [4.78, 5) is 33.9. The molecule has 0 atom stereocenters. The van der Waals surface area contributed by atoms with Crippen LogP contribution in [0, 0.1) is 0 Å². The summed E-state index contributed by atoms with van der Waals surface area (Å²) in [6.45, 7) is 4.63. The first kappa shape index (κ1) is 16.3. The molecule has 0 aromatic heterocycles. The fraction of sp³-hybridized carbons (Fsp3) is 0.0833. The first-order valence-corrected chi connectivity index (χ1v) is 4.87. The predicted molar refractivity (Wildman–Crippen MR) is 63.9 cm³/mol. The molecule has 0 spiro atoms. The number of benzene rings is 1. The zero-order chi connectivity index (χ0) is 15.0. The lowest BCUT2D eigenvalue weighted by Crippen LogP contribution is -1.99. The van der Waals surface area contributed by atoms with Gasteiger partial charge < -0.3 is 10.2 Å². The highest BCUT2D eigenvalue weighted by molar-refractivity contribution is 5.91. The summed E-state index contributed by atoms with van der Waals surface area (Å²) in [6, 6.07) is 5.02. The van der Waals surface area contributed by atoms with Crippen molar-refractivity contribution in [2.75, 3.05) is 0 Å². The van der Waals surface area contributed by atoms with Gasteiger partial charge in [-0.2, -0.15) is 5.26 Å². The van der Waals surface area contributed by atoms with E-state index in [2.05, 4.69) is 11.5 Å². The molecular formula is C12H12O7. The third-order valence-corrected chi connectivity index (χ3v) is 1.81. The minimum absolute atomic E-state index is 0.0833. The summed E-state index contributed by atoms with van der Waals surface area (Å²) >= 11 is 0. The number of carbonyl (C=O) groups is 3. The number of carbonyl (C=O) groups excluding carboxylic acids is 1. The summed E-state index contributed by atoms with van der Waals surface area (Å²) in [5.41, 5.74) is 0.350. The maximum Gasteiger partial charge on any atom is 0.367 e. The van der Waals surface area contributed by atoms with Crippen molar-refractivity contribution in [2.45, 2.75) is 6.92 Å². The summed E-state index contributed by atoms with van der Waals surface area (Å²) in [6.07, 6.45) is 0. The zero-order valence-electron chi connectivity index (χ0n) is 9.99. The Balaban J connectivity index is 0.000000399. The minimum Gasteiger partial charge on any atom is -0.478 e. The Hall–Kier alpha value is -2.67. The van der Waals surface area contributed by atoms with Gasteiger partial charge in [-0.3, -0.25) is 4.89 Å². The van der Waals surface area contributed by atoms with Crippen LogP contribution < -0.4 is 0 Å². The average molecular weight is 268 g/mol. The fourth-order valence-electron chi connectivity index (χ4n) is 0.833. The molecule has 0 radical (unpaired) electrons. The standard InChI is InChI=1S/C8H6O4.C4H6O3/c9-7(10)5-1-2-6(4-3-5)8(11)12;1-3(2)4(5)7-6/h1-4H,(H,9,10)(H,11,12);6H,1H2,2H3. The Bertz CT molecular complexity index is 454. The molecule has 0 heterocycles. The lowest BCUT2D eigenvalue weighted by molar-refractivity contribution is -0.229. The molecule has 102 valence electrons. The van der Waals surface area contributed by atoms with Gasteiger partial charge in [-0.15, -0.1) is 0 Å². The largest absolute Gasteiger partial charge is 0.478 e. The molecule has 0 fully saturated rings. The van der Waals surface area contributed by atoms with Gasteiger partial charge in [0.15, 0.2) is 0 Å². The summed E-state index contributed by atoms with van der Waals surface area (Å²) < 4.78 is 0. The van der Waals surface area contributed by atoms with E-state index in [9.17, 15) is 14.4 Å². The van der Waals surface area contributed by atoms with Crippen LogP contribution in [0.4, 0.5) is 0 Å². The van der Waals surface area contributed by atoms with Crippen molar-refractivity contribution in [1.82, 2.24) is 0 Å². The molecule has 0 aliphatic heterocycles. The average Bonchev–Trinajstić information content (AvgIpc) is 2.38. The highest BCUT2D eigenvalue weighted by Gasteiger charge is 2.04. The van der Waals surface area contributed by atoms with Gasteiger partial charge in [0.25, 0.3) is 0 Å². The van der Waals surface area contributed by atoms with E-state index < -0.39 is 17.9 Å². The van der Waals surface area contributed by atoms with Gasteiger partial charge >= 0.3 is 17.9 Å². The van der Waals surface area contributed by atoms with Gasteiger partial charge in [-0.1, -0.05) is 6.58 Å². The van der Waals surface area contributed by atoms with Crippen LogP contribution in [0.15, 0.2) is 36.4 Å². The van der Waals surface area contributed by atoms with E-state index >= 15 is 0 Å². The number of carboxylic acid groups (broad SMARTS) is 2. The third kappa shape index (κ3) is 5.99. The Morgan fingerprint density at radius 1 is 1.00 bits per heavy atom. The van der Waals surface area contributed by atoms with E-state index in [0.717, 1.165) is 0 Å². The van der Waals surface area contributed by atoms with Crippen molar-refractivity contribution in [3.05, 3.63) is 47.5 Å². The molecule has 0 amide bonds. The number of carboxylic acids is 2. The number of rotatable bonds is 3. The molecular weight excluding hydrogens is 256 g/mol. The quantitative estimate of drug-likeness (QED) is 0.433. The van der Waals surface area contributed by atoms with Gasteiger partial charge in [0.1, 0.15) is 0 Å². The van der Waals surface area contributed by atoms with Crippen LogP contribution in [0.1, 0.15) is 27.6 Å². The van der Waals surface area contributed by atoms with E-state index in [4.69, 9.17) is 15.5 Å². The Morgan fingerprint density at radius 2 is 1.32 bits per heavy atom. The summed E-state index contributed by atoms with van der Waals surface area (Å²) in [5, 5.41) is 24.5. The molecule has 0 saturated heterocycles. The molecule has 7 heteroatoms. The van der Waals surface area contributed by atoms with Crippen molar-refractivity contribution < 1.29 is 34.7 Å². The smallest absolute Gasteiger partial charge is 0.367 e. The Labute approximate surface area is 108 Å². The van der Waals surface area contributed by atoms with Gasteiger partial charge in [-0.05, 0) is 31.2 Å². The van der Waals surface area contributed by atoms with Crippen molar-refractivity contribution in [1.29, 1.82) is 0 Å². The normalized spacial score (nSPS) is 8.74. The molecule has 7 nitrogen and oxygen atoms in total. The van der Waals surface area contributed by atoms with Crippen LogP contribution in [0.2, 0.25) is 0 Å². The van der Waals surface area contributed by atoms with E-state index in [-0.39, 0.29) is 16.7 Å². The fourth-order valence-corrected chi connectivity index (χ4v) is 0.833. The maximum absolute atomic E-state index is 10.3. The Morgan fingerprint density at radius 3 is 1.42 bits per heavy atom. The molecule has 1 rings (SSSR count). The lowest BCUT2D eigenvalue weighted by atomic mass is 10.1. The zero-order valence-corrected chi connectivity index (χ0v) is 9.99. The monoisotopic (exact) mass is 268 g/mol. The maximum atomic E-state index is 10.3. The van der Waals surface area contributed by atoms with Crippen LogP contribution in [-0.4, -0.2) is 33.4 Å². The first-order valence-electron chi connectivity index (χ1n) is 4.87. The number of hydrogen-bond donors (Lipinski definition) is 3. The van der Waals surface area contributed by atoms with Crippen LogP contribution in [0.5, 0.6) is 0 Å². The molecule has 0 bridgehead atoms. The van der Waals surface area contributed by atoms with Crippen LogP contribution in [0.25, 0.3) is 0 Å². The van der Waals surface area contributed by atoms with E-state index in [1.807, 2.05) is 0 Å². The molecule has 0 unspecified atom stereocenters. The minimum atomic E-state index is -1.06. The third-order valence-electron chi connectivity index (χ3n) is 1.81. The molecule has 19 heavy (non-hydrogen) atoms. The van der Waals surface area contributed by atoms with Gasteiger partial charge in [-0.25, -0.2) is 14.4 Å². The van der Waals surface area contributed by atoms with Crippen LogP contribution in [-0.2, 0) is 9.68 Å². The summed E-state index contributed by atoms with van der Waals surface area (Å²) in [5.74, 6) is -2.92. The Kier molecular flexibility index (Phi) is 6.55. The topological polar surface area (TPSA) is 121 Å². The highest BCUT2D eigenvalue weighted by atomic mass is 17.1. The van der Waals surface area contributed by atoms with Gasteiger partial charge in [0.05, 0.1) is 11.1 Å². The van der Waals surface area contributed by atoms with Crippen LogP contribution in [0.3, 0.4) is 0 Å². The van der Waals surface area contributed by atoms with Crippen molar-refractivity contribution in [3.8, 4) is 0 Å². The first-order chi connectivity index (χ1) is 8.79. The van der Waals surface area contributed by atoms with Crippen molar-refractivity contribution >= 4 is 17.9 Å². The SMILES string of the molecule is C=C(C)C(=O)OO.O=C(O)c1ccc(C(=O)O)cc1. The highest BCUT2D eigenvalue weighted by Crippen LogP contribution is 2.03. The summed E-state index contributed by atoms with van der Waals surface area (Å²) in [7, 11) is 0. The predicted octanol–water partition coefficient (Wildman–Crippen LogP) is 1.66. The number of aromatic carboxylic acids is 2. The second kappa shape index (κ2) is 7.62. The van der Waals surface area contributed by atoms with E-state index in [1.54, 1.807) is 0 Å². The van der Waals surface area contributed by atoms with Crippen molar-refractivity contribution in [3.63, 3.8) is 0 Å². The molecule has 0 aliphatic rings. The van der Waals surface area contributed by atoms with Gasteiger partial charge in [0, 0.05) is 5.57 Å². The lowest BCUT2D eigenvalue weighted by Gasteiger charge is -1.94. The second-order valence-electron chi connectivity index (χ2n) is 3.35. The number of hydrogen-bond acceptors (Lipinski definition) is 5. The molecule has 0 aliphatic carbocycles. The van der Waals surface area contributed by atoms with E-state index in [0.29, 0.717) is 0 Å².